The van der Waals surface area contributed by atoms with Gasteiger partial charge in [-0.05, 0) is 13.0 Å². The molecule has 0 saturated carbocycles. The van der Waals surface area contributed by atoms with E-state index in [1.807, 2.05) is 0 Å². The van der Waals surface area contributed by atoms with Gasteiger partial charge < -0.3 is 0 Å². The monoisotopic (exact) mass is 235 g/mol. The molecule has 0 aliphatic carbocycles. The zero-order valence-electron chi connectivity index (χ0n) is 9.32. The SMILES string of the molecule is Cc1c(-c2ncc(C=O)cc2F)[nH]n(C)c1=O. The van der Waals surface area contributed by atoms with Gasteiger partial charge in [-0.2, -0.15) is 0 Å². The molecule has 0 unspecified atom stereocenters. The van der Waals surface area contributed by atoms with Crippen LogP contribution in [0, 0.1) is 12.7 Å². The number of H-pyrrole nitrogens is 1. The van der Waals surface area contributed by atoms with E-state index in [9.17, 15) is 14.0 Å². The van der Waals surface area contributed by atoms with Crippen molar-refractivity contribution in [2.75, 3.05) is 0 Å². The van der Waals surface area contributed by atoms with Crippen LogP contribution in [-0.2, 0) is 7.05 Å². The summed E-state index contributed by atoms with van der Waals surface area (Å²) < 4.78 is 14.9. The number of aldehydes is 1. The molecule has 0 atom stereocenters. The Bertz CT molecular complexity index is 643. The molecular weight excluding hydrogens is 225 g/mol. The van der Waals surface area contributed by atoms with Crippen LogP contribution in [0.25, 0.3) is 11.4 Å². The average molecular weight is 235 g/mol. The molecule has 17 heavy (non-hydrogen) atoms. The number of carbonyl (C=O) groups excluding carboxylic acids is 1. The minimum atomic E-state index is -0.639. The van der Waals surface area contributed by atoms with Gasteiger partial charge in [-0.3, -0.25) is 24.4 Å². The van der Waals surface area contributed by atoms with Crippen LogP contribution >= 0.6 is 0 Å². The molecule has 0 radical (unpaired) electrons. The third-order valence-corrected chi connectivity index (χ3v) is 2.52. The van der Waals surface area contributed by atoms with Crippen LogP contribution in [0.15, 0.2) is 17.1 Å². The molecule has 1 N–H and O–H groups in total. The second-order valence-corrected chi connectivity index (χ2v) is 3.69. The summed E-state index contributed by atoms with van der Waals surface area (Å²) in [6.45, 7) is 1.59. The van der Waals surface area contributed by atoms with Crippen LogP contribution in [0.4, 0.5) is 4.39 Å². The van der Waals surface area contributed by atoms with E-state index in [4.69, 9.17) is 0 Å². The van der Waals surface area contributed by atoms with Crippen LogP contribution in [0.3, 0.4) is 0 Å². The Morgan fingerprint density at radius 1 is 1.53 bits per heavy atom. The van der Waals surface area contributed by atoms with Gasteiger partial charge in [0.15, 0.2) is 12.1 Å². The van der Waals surface area contributed by atoms with E-state index >= 15 is 0 Å². The second kappa shape index (κ2) is 3.97. The number of aromatic amines is 1. The highest BCUT2D eigenvalue weighted by atomic mass is 19.1. The van der Waals surface area contributed by atoms with Gasteiger partial charge in [0.25, 0.3) is 5.56 Å². The summed E-state index contributed by atoms with van der Waals surface area (Å²) in [6.07, 6.45) is 1.77. The zero-order chi connectivity index (χ0) is 12.6. The summed E-state index contributed by atoms with van der Waals surface area (Å²) in [4.78, 5) is 25.8. The highest BCUT2D eigenvalue weighted by Gasteiger charge is 2.15. The molecule has 0 fully saturated rings. The molecule has 0 amide bonds. The number of rotatable bonds is 2. The maximum atomic E-state index is 13.7. The number of aryl methyl sites for hydroxylation is 1. The van der Waals surface area contributed by atoms with E-state index in [0.29, 0.717) is 17.5 Å². The third-order valence-electron chi connectivity index (χ3n) is 2.52. The van der Waals surface area contributed by atoms with Crippen molar-refractivity contribution in [1.29, 1.82) is 0 Å². The first-order chi connectivity index (χ1) is 8.04. The summed E-state index contributed by atoms with van der Waals surface area (Å²) in [6, 6.07) is 1.08. The van der Waals surface area contributed by atoms with Gasteiger partial charge in [-0.15, -0.1) is 0 Å². The molecule has 2 rings (SSSR count). The molecule has 0 aliphatic heterocycles. The zero-order valence-corrected chi connectivity index (χ0v) is 9.32. The first-order valence-corrected chi connectivity index (χ1v) is 4.91. The van der Waals surface area contributed by atoms with Crippen molar-refractivity contribution in [2.45, 2.75) is 6.92 Å². The summed E-state index contributed by atoms with van der Waals surface area (Å²) in [5.41, 5.74) is 0.666. The third kappa shape index (κ3) is 1.77. The fourth-order valence-corrected chi connectivity index (χ4v) is 1.59. The maximum Gasteiger partial charge on any atom is 0.269 e. The first kappa shape index (κ1) is 11.3. The van der Waals surface area contributed by atoms with Gasteiger partial charge >= 0.3 is 0 Å². The molecule has 0 aliphatic rings. The lowest BCUT2D eigenvalue weighted by molar-refractivity contribution is 0.112. The lowest BCUT2D eigenvalue weighted by Gasteiger charge is -2.01. The van der Waals surface area contributed by atoms with Crippen LogP contribution < -0.4 is 5.56 Å². The molecule has 0 saturated heterocycles. The Labute approximate surface area is 95.9 Å². The normalized spacial score (nSPS) is 10.5. The largest absolute Gasteiger partial charge is 0.298 e. The van der Waals surface area contributed by atoms with Crippen LogP contribution in [0.5, 0.6) is 0 Å². The van der Waals surface area contributed by atoms with Gasteiger partial charge in [0.2, 0.25) is 0 Å². The number of nitrogens with one attached hydrogen (secondary N) is 1. The van der Waals surface area contributed by atoms with E-state index in [-0.39, 0.29) is 16.8 Å². The number of aromatic nitrogens is 3. The molecule has 2 aromatic rings. The van der Waals surface area contributed by atoms with Gasteiger partial charge in [0, 0.05) is 24.4 Å². The molecule has 0 bridgehead atoms. The number of halogens is 1. The lowest BCUT2D eigenvalue weighted by Crippen LogP contribution is -2.12. The smallest absolute Gasteiger partial charge is 0.269 e. The number of hydrogen-bond donors (Lipinski definition) is 1. The maximum absolute atomic E-state index is 13.7. The topological polar surface area (TPSA) is 67.8 Å². The van der Waals surface area contributed by atoms with E-state index in [2.05, 4.69) is 10.1 Å². The molecule has 6 heteroatoms. The molecule has 88 valence electrons. The predicted octanol–water partition coefficient (Wildman–Crippen LogP) is 1.04. The number of hydrogen-bond acceptors (Lipinski definition) is 3. The summed E-state index contributed by atoms with van der Waals surface area (Å²) >= 11 is 0. The fourth-order valence-electron chi connectivity index (χ4n) is 1.59. The number of carbonyl (C=O) groups is 1. The van der Waals surface area contributed by atoms with Crippen molar-refractivity contribution in [2.24, 2.45) is 7.05 Å². The Morgan fingerprint density at radius 3 is 2.71 bits per heavy atom. The van der Waals surface area contributed by atoms with Crippen molar-refractivity contribution in [3.63, 3.8) is 0 Å². The quantitative estimate of drug-likeness (QED) is 0.790. The molecule has 0 aromatic carbocycles. The Kier molecular flexibility index (Phi) is 2.63. The summed E-state index contributed by atoms with van der Waals surface area (Å²) in [5, 5.41) is 2.72. The van der Waals surface area contributed by atoms with Gasteiger partial charge in [0.05, 0.1) is 5.69 Å². The molecule has 0 spiro atoms. The number of nitrogens with zero attached hydrogens (tertiary/aromatic N) is 2. The van der Waals surface area contributed by atoms with E-state index in [0.717, 1.165) is 6.07 Å². The summed E-state index contributed by atoms with van der Waals surface area (Å²) in [7, 11) is 1.54. The standard InChI is InChI=1S/C11H10FN3O2/c1-6-9(14-15(2)11(6)17)10-8(12)3-7(5-16)4-13-10/h3-5,14H,1-2H3. The van der Waals surface area contributed by atoms with E-state index in [1.165, 1.54) is 17.9 Å². The lowest BCUT2D eigenvalue weighted by atomic mass is 10.1. The van der Waals surface area contributed by atoms with Gasteiger partial charge in [0.1, 0.15) is 5.69 Å². The fraction of sp³-hybridized carbons (Fsp3) is 0.182. The first-order valence-electron chi connectivity index (χ1n) is 4.91. The highest BCUT2D eigenvalue weighted by molar-refractivity contribution is 5.75. The molecular formula is C11H10FN3O2. The van der Waals surface area contributed by atoms with Crippen molar-refractivity contribution in [3.05, 3.63) is 39.6 Å². The van der Waals surface area contributed by atoms with Crippen molar-refractivity contribution >= 4 is 6.29 Å². The predicted molar refractivity (Wildman–Crippen MR) is 59.3 cm³/mol. The van der Waals surface area contributed by atoms with E-state index in [1.54, 1.807) is 6.92 Å². The highest BCUT2D eigenvalue weighted by Crippen LogP contribution is 2.20. The molecule has 2 aromatic heterocycles. The van der Waals surface area contributed by atoms with Crippen LogP contribution in [0.1, 0.15) is 15.9 Å². The minimum absolute atomic E-state index is 0.0331. The Balaban J connectivity index is 2.64. The number of pyridine rings is 1. The average Bonchev–Trinajstić information content (AvgIpc) is 2.57. The minimum Gasteiger partial charge on any atom is -0.298 e. The van der Waals surface area contributed by atoms with Crippen molar-refractivity contribution in [1.82, 2.24) is 14.8 Å². The molecule has 5 nitrogen and oxygen atoms in total. The van der Waals surface area contributed by atoms with Gasteiger partial charge in [-0.1, -0.05) is 0 Å². The van der Waals surface area contributed by atoms with Crippen molar-refractivity contribution < 1.29 is 9.18 Å². The van der Waals surface area contributed by atoms with Crippen LogP contribution in [-0.4, -0.2) is 21.1 Å². The summed E-state index contributed by atoms with van der Waals surface area (Å²) in [5.74, 6) is -0.639. The van der Waals surface area contributed by atoms with Gasteiger partial charge in [-0.25, -0.2) is 4.39 Å². The van der Waals surface area contributed by atoms with Crippen molar-refractivity contribution in [3.8, 4) is 11.4 Å². The second-order valence-electron chi connectivity index (χ2n) is 3.69. The molecule has 2 heterocycles. The van der Waals surface area contributed by atoms with E-state index < -0.39 is 5.82 Å². The Morgan fingerprint density at radius 2 is 2.24 bits per heavy atom. The Hall–Kier alpha value is -2.24. The van der Waals surface area contributed by atoms with Crippen LogP contribution in [0.2, 0.25) is 0 Å².